The Morgan fingerprint density at radius 3 is 2.94 bits per heavy atom. The van der Waals surface area contributed by atoms with Gasteiger partial charge in [-0.3, -0.25) is 4.79 Å². The Balaban J connectivity index is 2.41. The van der Waals surface area contributed by atoms with Crippen molar-refractivity contribution < 1.29 is 0 Å². The first kappa shape index (κ1) is 12.6. The van der Waals surface area contributed by atoms with Gasteiger partial charge in [0, 0.05) is 23.7 Å². The highest BCUT2D eigenvalue weighted by Gasteiger charge is 2.06. The van der Waals surface area contributed by atoms with E-state index in [0.717, 1.165) is 23.9 Å². The summed E-state index contributed by atoms with van der Waals surface area (Å²) >= 11 is 0. The molecule has 0 aliphatic carbocycles. The van der Waals surface area contributed by atoms with E-state index in [0.29, 0.717) is 11.6 Å². The Kier molecular flexibility index (Phi) is 3.65. The van der Waals surface area contributed by atoms with Crippen LogP contribution < -0.4 is 11.0 Å². The predicted octanol–water partition coefficient (Wildman–Crippen LogP) is 2.29. The Hall–Kier alpha value is -1.84. The highest BCUT2D eigenvalue weighted by Crippen LogP contribution is 2.09. The summed E-state index contributed by atoms with van der Waals surface area (Å²) in [6, 6.07) is 5.73. The maximum atomic E-state index is 12.1. The van der Waals surface area contributed by atoms with Crippen molar-refractivity contribution >= 4 is 11.0 Å². The van der Waals surface area contributed by atoms with Crippen molar-refractivity contribution in [1.29, 1.82) is 0 Å². The molecule has 0 spiro atoms. The van der Waals surface area contributed by atoms with Gasteiger partial charge in [-0.25, -0.2) is 9.66 Å². The summed E-state index contributed by atoms with van der Waals surface area (Å²) in [4.78, 5) is 16.4. The zero-order chi connectivity index (χ0) is 13.1. The van der Waals surface area contributed by atoms with Crippen LogP contribution in [-0.2, 0) is 0 Å². The summed E-state index contributed by atoms with van der Waals surface area (Å²) in [5, 5.41) is 0.978. The van der Waals surface area contributed by atoms with Crippen LogP contribution in [-0.4, -0.2) is 16.2 Å². The van der Waals surface area contributed by atoms with Crippen molar-refractivity contribution in [2.75, 3.05) is 12.0 Å². The van der Waals surface area contributed by atoms with Crippen molar-refractivity contribution in [3.05, 3.63) is 40.3 Å². The molecular weight excluding hydrogens is 226 g/mol. The second-order valence-electron chi connectivity index (χ2n) is 4.97. The molecule has 2 aromatic heterocycles. The van der Waals surface area contributed by atoms with Crippen molar-refractivity contribution in [3.63, 3.8) is 0 Å². The lowest BCUT2D eigenvalue weighted by Crippen LogP contribution is -2.32. The van der Waals surface area contributed by atoms with E-state index in [1.807, 2.05) is 25.1 Å². The summed E-state index contributed by atoms with van der Waals surface area (Å²) in [5.41, 5.74) is 4.57. The topological polar surface area (TPSA) is 46.9 Å². The van der Waals surface area contributed by atoms with Crippen LogP contribution in [0.2, 0.25) is 0 Å². The molecule has 0 saturated heterocycles. The summed E-state index contributed by atoms with van der Waals surface area (Å²) in [5.74, 6) is 0.609. The molecule has 18 heavy (non-hydrogen) atoms. The predicted molar refractivity (Wildman–Crippen MR) is 74.4 cm³/mol. The maximum absolute atomic E-state index is 12.1. The van der Waals surface area contributed by atoms with Crippen molar-refractivity contribution in [2.24, 2.45) is 5.92 Å². The van der Waals surface area contributed by atoms with E-state index >= 15 is 0 Å². The lowest BCUT2D eigenvalue weighted by molar-refractivity contribution is 0.587. The van der Waals surface area contributed by atoms with Crippen LogP contribution in [0.25, 0.3) is 11.0 Å². The second-order valence-corrected chi connectivity index (χ2v) is 4.97. The minimum Gasteiger partial charge on any atom is -0.321 e. The van der Waals surface area contributed by atoms with Crippen LogP contribution in [0.15, 0.2) is 29.2 Å². The van der Waals surface area contributed by atoms with E-state index in [9.17, 15) is 4.79 Å². The molecule has 2 heterocycles. The van der Waals surface area contributed by atoms with E-state index in [2.05, 4.69) is 24.3 Å². The smallest absolute Gasteiger partial charge is 0.273 e. The number of pyridine rings is 2. The first-order valence-electron chi connectivity index (χ1n) is 6.31. The molecule has 2 aromatic rings. The van der Waals surface area contributed by atoms with E-state index in [1.54, 1.807) is 10.9 Å². The number of hydrogen-bond donors (Lipinski definition) is 1. The number of nitrogens with zero attached hydrogens (tertiary/aromatic N) is 2. The Morgan fingerprint density at radius 2 is 2.22 bits per heavy atom. The van der Waals surface area contributed by atoms with Crippen LogP contribution in [0.5, 0.6) is 0 Å². The summed E-state index contributed by atoms with van der Waals surface area (Å²) < 4.78 is 1.56. The average Bonchev–Trinajstić information content (AvgIpc) is 2.33. The Labute approximate surface area is 107 Å². The van der Waals surface area contributed by atoms with Crippen molar-refractivity contribution in [1.82, 2.24) is 9.66 Å². The number of rotatable bonds is 4. The normalized spacial score (nSPS) is 11.1. The van der Waals surface area contributed by atoms with Crippen LogP contribution in [0.4, 0.5) is 0 Å². The van der Waals surface area contributed by atoms with Gasteiger partial charge >= 0.3 is 0 Å². The molecule has 0 aliphatic rings. The molecule has 4 heteroatoms. The van der Waals surface area contributed by atoms with Crippen LogP contribution in [0, 0.1) is 12.8 Å². The standard InChI is InChI=1S/C14H19N3O/c1-10(2)6-8-16-17-13-12(5-4-7-15-13)9-11(3)14(17)18/h4-5,7,9-10,16H,6,8H2,1-3H3. The molecule has 0 amide bonds. The molecular formula is C14H19N3O. The van der Waals surface area contributed by atoms with Gasteiger partial charge in [-0.2, -0.15) is 0 Å². The molecule has 0 radical (unpaired) electrons. The molecule has 0 aromatic carbocycles. The van der Waals surface area contributed by atoms with E-state index in [-0.39, 0.29) is 5.56 Å². The second kappa shape index (κ2) is 5.21. The quantitative estimate of drug-likeness (QED) is 0.899. The van der Waals surface area contributed by atoms with Gasteiger partial charge in [-0.15, -0.1) is 0 Å². The van der Waals surface area contributed by atoms with Crippen molar-refractivity contribution in [2.45, 2.75) is 27.2 Å². The lowest BCUT2D eigenvalue weighted by atomic mass is 10.1. The van der Waals surface area contributed by atoms with Gasteiger partial charge in [0.15, 0.2) is 5.65 Å². The maximum Gasteiger partial charge on any atom is 0.273 e. The summed E-state index contributed by atoms with van der Waals surface area (Å²) in [6.07, 6.45) is 2.73. The van der Waals surface area contributed by atoms with Crippen LogP contribution in [0.3, 0.4) is 0 Å². The monoisotopic (exact) mass is 245 g/mol. The molecule has 0 atom stereocenters. The van der Waals surface area contributed by atoms with Gasteiger partial charge in [0.25, 0.3) is 5.56 Å². The zero-order valence-electron chi connectivity index (χ0n) is 11.1. The van der Waals surface area contributed by atoms with Gasteiger partial charge in [-0.1, -0.05) is 13.8 Å². The summed E-state index contributed by atoms with van der Waals surface area (Å²) in [7, 11) is 0. The number of hydrogen-bond acceptors (Lipinski definition) is 3. The number of aryl methyl sites for hydroxylation is 1. The van der Waals surface area contributed by atoms with Gasteiger partial charge in [-0.05, 0) is 37.5 Å². The molecule has 4 nitrogen and oxygen atoms in total. The summed E-state index contributed by atoms with van der Waals surface area (Å²) in [6.45, 7) is 6.93. The SMILES string of the molecule is Cc1cc2cccnc2n(NCCC(C)C)c1=O. The highest BCUT2D eigenvalue weighted by molar-refractivity contribution is 5.75. The average molecular weight is 245 g/mol. The van der Waals surface area contributed by atoms with E-state index < -0.39 is 0 Å². The van der Waals surface area contributed by atoms with Gasteiger partial charge in [0.2, 0.25) is 0 Å². The first-order valence-corrected chi connectivity index (χ1v) is 6.31. The highest BCUT2D eigenvalue weighted by atomic mass is 16.1. The third-order valence-electron chi connectivity index (χ3n) is 2.93. The third-order valence-corrected chi connectivity index (χ3v) is 2.93. The lowest BCUT2D eigenvalue weighted by Gasteiger charge is -2.13. The molecule has 96 valence electrons. The van der Waals surface area contributed by atoms with Gasteiger partial charge in [0.05, 0.1) is 0 Å². The molecule has 2 rings (SSSR count). The number of aromatic nitrogens is 2. The zero-order valence-corrected chi connectivity index (χ0v) is 11.1. The van der Waals surface area contributed by atoms with Crippen molar-refractivity contribution in [3.8, 4) is 0 Å². The minimum absolute atomic E-state index is 0.0232. The molecule has 0 saturated carbocycles. The fraction of sp³-hybridized carbons (Fsp3) is 0.429. The third kappa shape index (κ3) is 2.53. The minimum atomic E-state index is -0.0232. The fourth-order valence-corrected chi connectivity index (χ4v) is 1.89. The fourth-order valence-electron chi connectivity index (χ4n) is 1.89. The first-order chi connectivity index (χ1) is 8.59. The molecule has 0 fully saturated rings. The Morgan fingerprint density at radius 1 is 1.44 bits per heavy atom. The van der Waals surface area contributed by atoms with Gasteiger partial charge < -0.3 is 5.43 Å². The molecule has 0 unspecified atom stereocenters. The van der Waals surface area contributed by atoms with Gasteiger partial charge in [0.1, 0.15) is 0 Å². The van der Waals surface area contributed by atoms with Crippen LogP contribution in [0.1, 0.15) is 25.8 Å². The number of nitrogens with one attached hydrogen (secondary N) is 1. The molecule has 0 bridgehead atoms. The van der Waals surface area contributed by atoms with E-state index in [1.165, 1.54) is 0 Å². The molecule has 1 N–H and O–H groups in total. The van der Waals surface area contributed by atoms with E-state index in [4.69, 9.17) is 0 Å². The molecule has 0 aliphatic heterocycles. The Bertz CT molecular complexity index is 602. The largest absolute Gasteiger partial charge is 0.321 e. The van der Waals surface area contributed by atoms with Crippen LogP contribution >= 0.6 is 0 Å². The number of fused-ring (bicyclic) bond motifs is 1.